The molecule has 0 aliphatic heterocycles. The van der Waals surface area contributed by atoms with Gasteiger partial charge in [-0.1, -0.05) is 136 Å². The Hall–Kier alpha value is -3.55. The Morgan fingerprint density at radius 2 is 1.02 bits per heavy atom. The minimum Gasteiger partial charge on any atom is -0.462 e. The Morgan fingerprint density at radius 1 is 0.516 bits per heavy atom. The molecule has 0 fully saturated rings. The van der Waals surface area contributed by atoms with Gasteiger partial charge in [0.05, 0.1) is 19.8 Å². The minimum absolute atomic E-state index is 0.0617. The van der Waals surface area contributed by atoms with Crippen molar-refractivity contribution >= 4 is 33.4 Å². The Morgan fingerprint density at radius 3 is 1.59 bits per heavy atom. The molecule has 0 heterocycles. The first-order chi connectivity index (χ1) is 30.8. The zero-order valence-electron chi connectivity index (χ0n) is 38.1. The number of phosphoric ester groups is 2. The van der Waals surface area contributed by atoms with Crippen LogP contribution >= 0.6 is 15.6 Å². The molecule has 64 heavy (non-hydrogen) atoms. The average molecular weight is 939 g/mol. The number of hydrogen-bond acceptors (Lipinski definition) is 11. The molecule has 0 aromatic heterocycles. The van der Waals surface area contributed by atoms with Crippen LogP contribution in [-0.4, -0.2) is 76.1 Å². The molecule has 4 N–H and O–H groups in total. The molecule has 14 nitrogen and oxygen atoms in total. The number of aliphatic hydroxyl groups excluding tert-OH is 1. The topological polar surface area (TPSA) is 212 Å². The second-order valence-corrected chi connectivity index (χ2v) is 17.3. The summed E-state index contributed by atoms with van der Waals surface area (Å²) in [5.74, 6) is -1.04. The van der Waals surface area contributed by atoms with Gasteiger partial charge in [-0.3, -0.25) is 28.0 Å². The van der Waals surface area contributed by atoms with Crippen LogP contribution in [-0.2, 0) is 46.6 Å². The molecule has 0 saturated heterocycles. The normalized spacial score (nSPS) is 14.8. The lowest BCUT2D eigenvalue weighted by molar-refractivity contribution is -0.161. The van der Waals surface area contributed by atoms with Crippen LogP contribution in [0.15, 0.2) is 109 Å². The van der Waals surface area contributed by atoms with Gasteiger partial charge in [0.15, 0.2) is 11.9 Å². The molecule has 0 aliphatic rings. The summed E-state index contributed by atoms with van der Waals surface area (Å²) in [6, 6.07) is 0. The van der Waals surface area contributed by atoms with E-state index >= 15 is 0 Å². The first-order valence-electron chi connectivity index (χ1n) is 22.5. The summed E-state index contributed by atoms with van der Waals surface area (Å²) in [4.78, 5) is 64.5. The number of ketones is 1. The van der Waals surface area contributed by atoms with E-state index in [2.05, 4.69) is 83.7 Å². The van der Waals surface area contributed by atoms with Crippen LogP contribution in [0.1, 0.15) is 136 Å². The third-order valence-electron chi connectivity index (χ3n) is 8.61. The van der Waals surface area contributed by atoms with Gasteiger partial charge in [-0.25, -0.2) is 9.13 Å². The zero-order valence-corrected chi connectivity index (χ0v) is 39.9. The number of allylic oxidation sites excluding steroid dienone is 18. The highest BCUT2D eigenvalue weighted by Gasteiger charge is 2.28. The van der Waals surface area contributed by atoms with E-state index in [1.54, 1.807) is 12.2 Å². The number of rotatable bonds is 41. The fourth-order valence-corrected chi connectivity index (χ4v) is 6.36. The third kappa shape index (κ3) is 45.0. The second kappa shape index (κ2) is 42.1. The van der Waals surface area contributed by atoms with E-state index in [9.17, 15) is 33.5 Å². The monoisotopic (exact) mass is 938 g/mol. The highest BCUT2D eigenvalue weighted by molar-refractivity contribution is 7.47. The Balaban J connectivity index is 4.71. The number of hydrogen-bond donors (Lipinski definition) is 4. The quantitative estimate of drug-likeness (QED) is 0.0112. The minimum atomic E-state index is -4.89. The lowest BCUT2D eigenvalue weighted by Gasteiger charge is -2.20. The van der Waals surface area contributed by atoms with Crippen molar-refractivity contribution in [3.8, 4) is 0 Å². The van der Waals surface area contributed by atoms with Gasteiger partial charge in [-0.2, -0.15) is 0 Å². The lowest BCUT2D eigenvalue weighted by Crippen LogP contribution is -2.30. The summed E-state index contributed by atoms with van der Waals surface area (Å²) in [5, 5.41) is 9.75. The second-order valence-electron chi connectivity index (χ2n) is 14.6. The predicted molar refractivity (Wildman–Crippen MR) is 253 cm³/mol. The summed E-state index contributed by atoms with van der Waals surface area (Å²) < 4.78 is 47.7. The van der Waals surface area contributed by atoms with Crippen LogP contribution in [0.5, 0.6) is 0 Å². The zero-order chi connectivity index (χ0) is 47.4. The maximum atomic E-state index is 12.7. The molecular formula is C48H76O14P2. The Kier molecular flexibility index (Phi) is 39.8. The highest BCUT2D eigenvalue weighted by atomic mass is 31.2. The van der Waals surface area contributed by atoms with Crippen molar-refractivity contribution in [3.63, 3.8) is 0 Å². The van der Waals surface area contributed by atoms with Crippen LogP contribution in [0, 0.1) is 0 Å². The first kappa shape index (κ1) is 60.5. The fraction of sp³-hybridized carbons (Fsp3) is 0.562. The van der Waals surface area contributed by atoms with Gasteiger partial charge in [0.2, 0.25) is 0 Å². The maximum absolute atomic E-state index is 12.7. The summed E-state index contributed by atoms with van der Waals surface area (Å²) >= 11 is 0. The number of ether oxygens (including phenoxy) is 2. The molecule has 0 aromatic rings. The molecule has 3 atom stereocenters. The van der Waals surface area contributed by atoms with Gasteiger partial charge in [0.1, 0.15) is 12.7 Å². The summed E-state index contributed by atoms with van der Waals surface area (Å²) in [6.45, 7) is 1.35. The molecule has 1 unspecified atom stereocenters. The molecule has 16 heteroatoms. The molecule has 0 aliphatic carbocycles. The lowest BCUT2D eigenvalue weighted by atomic mass is 10.1. The SMILES string of the molecule is CC/C=C\C/C=C\C/C=C\C/C=C\C/C=C\CCCCCC(=O)O[C@H](COC(=O)CCC/C=C\C/C=C\C/C=C\C=C\C(=O)CCCCC)COP(=O)(O)OC[C@@H](O)COP(=O)(O)O. The van der Waals surface area contributed by atoms with Crippen molar-refractivity contribution in [3.05, 3.63) is 109 Å². The first-order valence-corrected chi connectivity index (χ1v) is 25.6. The van der Waals surface area contributed by atoms with E-state index in [0.717, 1.165) is 83.5 Å². The van der Waals surface area contributed by atoms with Crippen LogP contribution in [0.25, 0.3) is 0 Å². The van der Waals surface area contributed by atoms with E-state index in [0.29, 0.717) is 25.7 Å². The molecule has 0 radical (unpaired) electrons. The maximum Gasteiger partial charge on any atom is 0.472 e. The van der Waals surface area contributed by atoms with Crippen molar-refractivity contribution in [2.45, 2.75) is 148 Å². The van der Waals surface area contributed by atoms with Crippen molar-refractivity contribution < 1.29 is 66.3 Å². The fourth-order valence-electron chi connectivity index (χ4n) is 5.20. The summed E-state index contributed by atoms with van der Waals surface area (Å²) in [6.07, 6.45) is 47.8. The van der Waals surface area contributed by atoms with Gasteiger partial charge in [0, 0.05) is 19.3 Å². The number of unbranched alkanes of at least 4 members (excludes halogenated alkanes) is 6. The van der Waals surface area contributed by atoms with Gasteiger partial charge in [-0.05, 0) is 89.5 Å². The van der Waals surface area contributed by atoms with Crippen LogP contribution in [0.2, 0.25) is 0 Å². The molecular weight excluding hydrogens is 862 g/mol. The Bertz CT molecular complexity index is 1600. The third-order valence-corrected chi connectivity index (χ3v) is 10.0. The molecule has 0 amide bonds. The number of carbonyl (C=O) groups excluding carboxylic acids is 3. The standard InChI is InChI=1S/C48H76O14P2/c1-3-5-7-8-9-10-11-12-13-14-15-16-17-18-21-25-28-31-35-39-48(52)62-46(43-61-64(56,57)60-41-45(50)40-59-63(53,54)55)42-58-47(51)38-34-30-27-24-22-19-20-23-26-29-33-37-44(49)36-32-6-4-2/h5,7,9-10,12-13,15-16,18-21,24,26-27,29,33,37,45-46,50H,3-4,6,8,11,14,17,22-23,25,28,30-32,34-36,38-43H2,1-2H3,(H,56,57)(H2,53,54,55)/b7-5-,10-9-,13-12-,16-15-,20-19-,21-18-,27-24-,29-26-,37-33+/t45-,46+/m0/s1. The highest BCUT2D eigenvalue weighted by Crippen LogP contribution is 2.43. The molecule has 0 rings (SSSR count). The molecule has 0 saturated carbocycles. The summed E-state index contributed by atoms with van der Waals surface area (Å²) in [5.41, 5.74) is 0. The number of phosphoric acid groups is 2. The van der Waals surface area contributed by atoms with E-state index < -0.39 is 66.2 Å². The van der Waals surface area contributed by atoms with Crippen molar-refractivity contribution in [2.75, 3.05) is 26.4 Å². The predicted octanol–water partition coefficient (Wildman–Crippen LogP) is 11.1. The van der Waals surface area contributed by atoms with Crippen molar-refractivity contribution in [1.82, 2.24) is 0 Å². The van der Waals surface area contributed by atoms with Crippen LogP contribution < -0.4 is 0 Å². The van der Waals surface area contributed by atoms with E-state index in [1.807, 2.05) is 36.5 Å². The molecule has 0 spiro atoms. The molecule has 0 bridgehead atoms. The van der Waals surface area contributed by atoms with Crippen LogP contribution in [0.4, 0.5) is 0 Å². The van der Waals surface area contributed by atoms with Crippen LogP contribution in [0.3, 0.4) is 0 Å². The van der Waals surface area contributed by atoms with Gasteiger partial charge >= 0.3 is 27.6 Å². The average Bonchev–Trinajstić information content (AvgIpc) is 3.25. The summed E-state index contributed by atoms with van der Waals surface area (Å²) in [7, 11) is -9.74. The van der Waals surface area contributed by atoms with Gasteiger partial charge in [0.25, 0.3) is 0 Å². The number of aliphatic hydroxyl groups is 1. The van der Waals surface area contributed by atoms with Crippen molar-refractivity contribution in [2.24, 2.45) is 0 Å². The smallest absolute Gasteiger partial charge is 0.462 e. The number of carbonyl (C=O) groups is 3. The largest absolute Gasteiger partial charge is 0.472 e. The van der Waals surface area contributed by atoms with Gasteiger partial charge < -0.3 is 29.3 Å². The van der Waals surface area contributed by atoms with E-state index in [-0.39, 0.29) is 18.6 Å². The number of esters is 2. The van der Waals surface area contributed by atoms with Crippen molar-refractivity contribution in [1.29, 1.82) is 0 Å². The van der Waals surface area contributed by atoms with Gasteiger partial charge in [-0.15, -0.1) is 0 Å². The van der Waals surface area contributed by atoms with E-state index in [1.165, 1.54) is 0 Å². The van der Waals surface area contributed by atoms with E-state index in [4.69, 9.17) is 23.8 Å². The molecule has 0 aromatic carbocycles. The molecule has 362 valence electrons. The Labute approximate surface area is 382 Å².